The minimum absolute atomic E-state index is 0.0877. The molecule has 2 saturated heterocycles. The molecule has 2 atom stereocenters. The summed E-state index contributed by atoms with van der Waals surface area (Å²) in [5.74, 6) is -0.0589. The van der Waals surface area contributed by atoms with Crippen LogP contribution in [0.25, 0.3) is 0 Å². The molecule has 2 aliphatic rings. The fourth-order valence-corrected chi connectivity index (χ4v) is 6.06. The average molecular weight is 461 g/mol. The summed E-state index contributed by atoms with van der Waals surface area (Å²) < 4.78 is 0.739. The van der Waals surface area contributed by atoms with E-state index in [2.05, 4.69) is 45.5 Å². The van der Waals surface area contributed by atoms with Crippen LogP contribution in [0.5, 0.6) is 0 Å². The smallest absolute Gasteiger partial charge is 0.355 e. The van der Waals surface area contributed by atoms with Crippen LogP contribution in [0.3, 0.4) is 0 Å². The first-order chi connectivity index (χ1) is 15.1. The molecular formula is C22H28N4O3S2. The molecule has 1 amide bonds. The van der Waals surface area contributed by atoms with Crippen LogP contribution in [0, 0.1) is 0 Å². The molecule has 2 N–H and O–H groups in total. The van der Waals surface area contributed by atoms with Gasteiger partial charge in [0, 0.05) is 62.4 Å². The van der Waals surface area contributed by atoms with Gasteiger partial charge in [0.25, 0.3) is 0 Å². The molecule has 0 aliphatic carbocycles. The molecular weight excluding hydrogens is 432 g/mol. The molecule has 1 unspecified atom stereocenters. The highest BCUT2D eigenvalue weighted by Gasteiger charge is 2.31. The Morgan fingerprint density at radius 3 is 2.90 bits per heavy atom. The summed E-state index contributed by atoms with van der Waals surface area (Å²) in [7, 11) is 0. The highest BCUT2D eigenvalue weighted by molar-refractivity contribution is 8.01. The number of carbonyl (C=O) groups is 2. The maximum Gasteiger partial charge on any atom is 0.355 e. The molecule has 2 aromatic rings. The first kappa shape index (κ1) is 22.3. The standard InChI is InChI=1S/C22H28N4O3S2/c27-20-7-6-18(26(20)10-11-30-22-24-19(15-31-22)21(28)29)12-23-17-8-9-25(14-17)13-16-4-2-1-3-5-16/h1-5,15,17-18,23H,6-14H2,(H,28,29)/t17?,18-/m1/s1. The van der Waals surface area contributed by atoms with Crippen molar-refractivity contribution < 1.29 is 14.7 Å². The van der Waals surface area contributed by atoms with Crippen LogP contribution in [-0.2, 0) is 11.3 Å². The number of nitrogens with one attached hydrogen (secondary N) is 1. The average Bonchev–Trinajstić information content (AvgIpc) is 3.49. The Morgan fingerprint density at radius 2 is 2.13 bits per heavy atom. The van der Waals surface area contributed by atoms with E-state index in [4.69, 9.17) is 5.11 Å². The topological polar surface area (TPSA) is 85.8 Å². The van der Waals surface area contributed by atoms with Gasteiger partial charge in [-0.2, -0.15) is 0 Å². The third-order valence-electron chi connectivity index (χ3n) is 5.88. The van der Waals surface area contributed by atoms with Crippen LogP contribution in [0.15, 0.2) is 40.1 Å². The van der Waals surface area contributed by atoms with Crippen molar-refractivity contribution in [2.24, 2.45) is 0 Å². The number of thiazole rings is 1. The number of thioether (sulfide) groups is 1. The van der Waals surface area contributed by atoms with E-state index in [1.165, 1.54) is 28.7 Å². The summed E-state index contributed by atoms with van der Waals surface area (Å²) in [4.78, 5) is 31.9. The highest BCUT2D eigenvalue weighted by atomic mass is 32.2. The molecule has 0 spiro atoms. The fraction of sp³-hybridized carbons (Fsp3) is 0.500. The van der Waals surface area contributed by atoms with Crippen molar-refractivity contribution >= 4 is 35.0 Å². The molecule has 2 aliphatic heterocycles. The molecule has 2 fully saturated rings. The van der Waals surface area contributed by atoms with Gasteiger partial charge in [-0.15, -0.1) is 11.3 Å². The first-order valence-electron chi connectivity index (χ1n) is 10.7. The second kappa shape index (κ2) is 10.6. The molecule has 9 heteroatoms. The van der Waals surface area contributed by atoms with Gasteiger partial charge in [-0.05, 0) is 18.4 Å². The molecule has 1 aromatic heterocycles. The van der Waals surface area contributed by atoms with Crippen molar-refractivity contribution in [3.05, 3.63) is 47.0 Å². The van der Waals surface area contributed by atoms with E-state index in [1.807, 2.05) is 4.90 Å². The Labute approximate surface area is 190 Å². The molecule has 1 aromatic carbocycles. The third kappa shape index (κ3) is 6.06. The van der Waals surface area contributed by atoms with Gasteiger partial charge >= 0.3 is 5.97 Å². The summed E-state index contributed by atoms with van der Waals surface area (Å²) in [5.41, 5.74) is 1.44. The monoisotopic (exact) mass is 460 g/mol. The number of likely N-dealkylation sites (tertiary alicyclic amines) is 2. The van der Waals surface area contributed by atoms with Crippen LogP contribution in [0.2, 0.25) is 0 Å². The number of carbonyl (C=O) groups excluding carboxylic acids is 1. The lowest BCUT2D eigenvalue weighted by atomic mass is 10.2. The molecule has 0 radical (unpaired) electrons. The van der Waals surface area contributed by atoms with E-state index in [0.717, 1.165) is 49.1 Å². The van der Waals surface area contributed by atoms with Crippen molar-refractivity contribution in [2.75, 3.05) is 31.9 Å². The minimum atomic E-state index is -1.00. The number of carboxylic acid groups (broad SMARTS) is 1. The molecule has 0 bridgehead atoms. The summed E-state index contributed by atoms with van der Waals surface area (Å²) in [6.07, 6.45) is 2.65. The number of hydrogen-bond donors (Lipinski definition) is 2. The Balaban J connectivity index is 1.20. The predicted molar refractivity (Wildman–Crippen MR) is 123 cm³/mol. The zero-order chi connectivity index (χ0) is 21.6. The Hall–Kier alpha value is -1.94. The normalized spacial score (nSPS) is 21.8. The second-order valence-corrected chi connectivity index (χ2v) is 10.2. The number of nitrogens with zero attached hydrogens (tertiary/aromatic N) is 3. The number of rotatable bonds is 10. The summed E-state index contributed by atoms with van der Waals surface area (Å²) >= 11 is 2.86. The van der Waals surface area contributed by atoms with Gasteiger partial charge in [0.05, 0.1) is 0 Å². The lowest BCUT2D eigenvalue weighted by molar-refractivity contribution is -0.128. The van der Waals surface area contributed by atoms with Crippen molar-refractivity contribution in [2.45, 2.75) is 42.2 Å². The number of hydrogen-bond acceptors (Lipinski definition) is 7. The maximum atomic E-state index is 12.4. The Bertz CT molecular complexity index is 892. The molecule has 3 heterocycles. The van der Waals surface area contributed by atoms with Crippen molar-refractivity contribution in [3.63, 3.8) is 0 Å². The van der Waals surface area contributed by atoms with Gasteiger partial charge in [-0.1, -0.05) is 42.1 Å². The maximum absolute atomic E-state index is 12.4. The van der Waals surface area contributed by atoms with Crippen LogP contribution >= 0.6 is 23.1 Å². The summed E-state index contributed by atoms with van der Waals surface area (Å²) in [5, 5.41) is 14.2. The minimum Gasteiger partial charge on any atom is -0.476 e. The van der Waals surface area contributed by atoms with Gasteiger partial charge in [0.1, 0.15) is 0 Å². The number of aromatic nitrogens is 1. The molecule has 166 valence electrons. The highest BCUT2D eigenvalue weighted by Crippen LogP contribution is 2.25. The lowest BCUT2D eigenvalue weighted by Gasteiger charge is -2.26. The summed E-state index contributed by atoms with van der Waals surface area (Å²) in [6, 6.07) is 11.3. The molecule has 31 heavy (non-hydrogen) atoms. The van der Waals surface area contributed by atoms with Crippen LogP contribution < -0.4 is 5.32 Å². The zero-order valence-electron chi connectivity index (χ0n) is 17.4. The van der Waals surface area contributed by atoms with Gasteiger partial charge in [-0.25, -0.2) is 9.78 Å². The van der Waals surface area contributed by atoms with Gasteiger partial charge in [-0.3, -0.25) is 9.69 Å². The number of amides is 1. The Morgan fingerprint density at radius 1 is 1.29 bits per heavy atom. The van der Waals surface area contributed by atoms with Crippen LogP contribution in [-0.4, -0.2) is 75.8 Å². The van der Waals surface area contributed by atoms with Crippen molar-refractivity contribution in [1.82, 2.24) is 20.1 Å². The van der Waals surface area contributed by atoms with Gasteiger partial charge < -0.3 is 15.3 Å². The largest absolute Gasteiger partial charge is 0.476 e. The van der Waals surface area contributed by atoms with E-state index in [-0.39, 0.29) is 17.6 Å². The fourth-order valence-electron chi connectivity index (χ4n) is 4.25. The van der Waals surface area contributed by atoms with E-state index in [9.17, 15) is 9.59 Å². The van der Waals surface area contributed by atoms with E-state index < -0.39 is 5.97 Å². The predicted octanol–water partition coefficient (Wildman–Crippen LogP) is 2.79. The van der Waals surface area contributed by atoms with E-state index in [1.54, 1.807) is 5.38 Å². The van der Waals surface area contributed by atoms with Gasteiger partial charge in [0.15, 0.2) is 10.0 Å². The van der Waals surface area contributed by atoms with Crippen LogP contribution in [0.4, 0.5) is 0 Å². The third-order valence-corrected chi connectivity index (χ3v) is 7.88. The Kier molecular flexibility index (Phi) is 7.60. The molecule has 0 saturated carbocycles. The molecule has 7 nitrogen and oxygen atoms in total. The molecule has 4 rings (SSSR count). The van der Waals surface area contributed by atoms with Crippen molar-refractivity contribution in [3.8, 4) is 0 Å². The summed E-state index contributed by atoms with van der Waals surface area (Å²) in [6.45, 7) is 4.64. The SMILES string of the molecule is O=C(O)c1csc(SCCN2C(=O)CC[C@@H]2CNC2CCN(Cc3ccccc3)C2)n1. The number of aromatic carboxylic acids is 1. The lowest BCUT2D eigenvalue weighted by Crippen LogP contribution is -2.44. The van der Waals surface area contributed by atoms with E-state index in [0.29, 0.717) is 19.0 Å². The quantitative estimate of drug-likeness (QED) is 0.527. The van der Waals surface area contributed by atoms with Crippen molar-refractivity contribution in [1.29, 1.82) is 0 Å². The van der Waals surface area contributed by atoms with Gasteiger partial charge in [0.2, 0.25) is 5.91 Å². The zero-order valence-corrected chi connectivity index (χ0v) is 19.0. The second-order valence-electron chi connectivity index (χ2n) is 8.05. The van der Waals surface area contributed by atoms with Crippen LogP contribution in [0.1, 0.15) is 35.3 Å². The van der Waals surface area contributed by atoms with E-state index >= 15 is 0 Å². The number of benzene rings is 1. The first-order valence-corrected chi connectivity index (χ1v) is 12.6. The number of carboxylic acids is 1.